The van der Waals surface area contributed by atoms with Gasteiger partial charge in [-0.15, -0.1) is 0 Å². The van der Waals surface area contributed by atoms with Crippen LogP contribution in [0.25, 0.3) is 0 Å². The van der Waals surface area contributed by atoms with Crippen LogP contribution in [-0.2, 0) is 4.74 Å². The van der Waals surface area contributed by atoms with Crippen LogP contribution in [0.2, 0.25) is 0 Å². The second-order valence-electron chi connectivity index (χ2n) is 7.91. The van der Waals surface area contributed by atoms with Crippen molar-refractivity contribution in [3.05, 3.63) is 0 Å². The molecule has 0 aromatic heterocycles. The molecule has 3 heteroatoms. The molecule has 1 heterocycles. The Labute approximate surface area is 131 Å². The Balaban J connectivity index is 2.09. The van der Waals surface area contributed by atoms with Crippen LogP contribution in [0.3, 0.4) is 0 Å². The summed E-state index contributed by atoms with van der Waals surface area (Å²) in [4.78, 5) is 2.64. The molecule has 2 fully saturated rings. The third-order valence-corrected chi connectivity index (χ3v) is 6.59. The van der Waals surface area contributed by atoms with E-state index in [4.69, 9.17) is 4.74 Å². The molecular weight excluding hydrogens is 260 g/mol. The zero-order chi connectivity index (χ0) is 15.6. The molecule has 1 saturated heterocycles. The first-order valence-corrected chi connectivity index (χ1v) is 8.91. The predicted molar refractivity (Wildman–Crippen MR) is 89.6 cm³/mol. The minimum atomic E-state index is 0.382. The van der Waals surface area contributed by atoms with Crippen molar-refractivity contribution in [1.82, 2.24) is 10.2 Å². The van der Waals surface area contributed by atoms with E-state index in [-0.39, 0.29) is 0 Å². The molecule has 124 valence electrons. The van der Waals surface area contributed by atoms with Gasteiger partial charge in [-0.2, -0.15) is 0 Å². The molecule has 1 aliphatic heterocycles. The highest BCUT2D eigenvalue weighted by Crippen LogP contribution is 2.42. The molecule has 1 aliphatic carbocycles. The van der Waals surface area contributed by atoms with Gasteiger partial charge < -0.3 is 10.1 Å². The highest BCUT2D eigenvalue weighted by atomic mass is 16.5. The number of likely N-dealkylation sites (N-methyl/N-ethyl adjacent to an activating group) is 2. The second-order valence-corrected chi connectivity index (χ2v) is 7.91. The average Bonchev–Trinajstić information content (AvgIpc) is 2.91. The van der Waals surface area contributed by atoms with E-state index in [0.29, 0.717) is 29.6 Å². The highest BCUT2D eigenvalue weighted by molar-refractivity contribution is 4.96. The zero-order valence-electron chi connectivity index (χ0n) is 15.0. The molecule has 0 aromatic carbocycles. The van der Waals surface area contributed by atoms with E-state index in [9.17, 15) is 0 Å². The van der Waals surface area contributed by atoms with E-state index < -0.39 is 0 Å². The van der Waals surface area contributed by atoms with Gasteiger partial charge in [-0.3, -0.25) is 4.90 Å². The van der Waals surface area contributed by atoms with Crippen LogP contribution in [0.5, 0.6) is 0 Å². The minimum absolute atomic E-state index is 0.382. The molecule has 0 amide bonds. The smallest absolute Gasteiger partial charge is 0.0703 e. The Morgan fingerprint density at radius 3 is 2.43 bits per heavy atom. The molecular formula is C18H36N2O. The van der Waals surface area contributed by atoms with Gasteiger partial charge in [-0.05, 0) is 58.0 Å². The monoisotopic (exact) mass is 296 g/mol. The van der Waals surface area contributed by atoms with Crippen LogP contribution in [0.15, 0.2) is 0 Å². The number of nitrogens with one attached hydrogen (secondary N) is 1. The van der Waals surface area contributed by atoms with Gasteiger partial charge in [-0.25, -0.2) is 0 Å². The third-order valence-electron chi connectivity index (χ3n) is 6.59. The van der Waals surface area contributed by atoms with Crippen LogP contribution in [0, 0.1) is 11.3 Å². The Morgan fingerprint density at radius 1 is 1.19 bits per heavy atom. The summed E-state index contributed by atoms with van der Waals surface area (Å²) in [5, 5.41) is 3.58. The number of ether oxygens (including phenoxy) is 1. The predicted octanol–water partition coefficient (Wildman–Crippen LogP) is 3.29. The van der Waals surface area contributed by atoms with Crippen molar-refractivity contribution in [1.29, 1.82) is 0 Å². The van der Waals surface area contributed by atoms with Crippen LogP contribution in [-0.4, -0.2) is 49.8 Å². The zero-order valence-corrected chi connectivity index (χ0v) is 15.0. The lowest BCUT2D eigenvalue weighted by atomic mass is 9.67. The summed E-state index contributed by atoms with van der Waals surface area (Å²) in [7, 11) is 4.46. The summed E-state index contributed by atoms with van der Waals surface area (Å²) in [6.07, 6.45) is 6.85. The fourth-order valence-corrected chi connectivity index (χ4v) is 4.43. The quantitative estimate of drug-likeness (QED) is 0.842. The molecule has 2 rings (SSSR count). The first kappa shape index (κ1) is 17.2. The molecule has 1 saturated carbocycles. The minimum Gasteiger partial charge on any atom is -0.377 e. The molecule has 3 nitrogen and oxygen atoms in total. The fourth-order valence-electron chi connectivity index (χ4n) is 4.43. The van der Waals surface area contributed by atoms with Crippen LogP contribution >= 0.6 is 0 Å². The maximum Gasteiger partial charge on any atom is 0.0703 e. The largest absolute Gasteiger partial charge is 0.377 e. The van der Waals surface area contributed by atoms with Gasteiger partial charge in [0, 0.05) is 24.7 Å². The van der Waals surface area contributed by atoms with E-state index in [1.807, 2.05) is 0 Å². The first-order valence-electron chi connectivity index (χ1n) is 8.91. The van der Waals surface area contributed by atoms with Crippen molar-refractivity contribution < 1.29 is 4.74 Å². The van der Waals surface area contributed by atoms with E-state index in [2.05, 4.69) is 52.0 Å². The third kappa shape index (κ3) is 3.62. The molecule has 21 heavy (non-hydrogen) atoms. The Bertz CT molecular complexity index is 331. The molecule has 5 unspecified atom stereocenters. The maximum absolute atomic E-state index is 5.80. The van der Waals surface area contributed by atoms with Crippen molar-refractivity contribution in [2.75, 3.05) is 20.7 Å². The standard InChI is InChI=1S/C18H36N2O/c1-7-18(3,4)14-8-9-15(19-5)17(12-14)20(6)16-10-11-21-13(16)2/h13-17,19H,7-12H2,1-6H3. The van der Waals surface area contributed by atoms with Crippen LogP contribution in [0.4, 0.5) is 0 Å². The van der Waals surface area contributed by atoms with Crippen molar-refractivity contribution >= 4 is 0 Å². The second kappa shape index (κ2) is 6.97. The lowest BCUT2D eigenvalue weighted by molar-refractivity contribution is 0.0194. The lowest BCUT2D eigenvalue weighted by Crippen LogP contribution is -2.56. The van der Waals surface area contributed by atoms with E-state index in [0.717, 1.165) is 12.5 Å². The average molecular weight is 296 g/mol. The van der Waals surface area contributed by atoms with E-state index in [1.165, 1.54) is 32.1 Å². The topological polar surface area (TPSA) is 24.5 Å². The maximum atomic E-state index is 5.80. The van der Waals surface area contributed by atoms with E-state index in [1.54, 1.807) is 0 Å². The summed E-state index contributed by atoms with van der Waals surface area (Å²) in [6.45, 7) is 10.4. The summed E-state index contributed by atoms with van der Waals surface area (Å²) in [6, 6.07) is 1.87. The molecule has 0 spiro atoms. The van der Waals surface area contributed by atoms with Crippen LogP contribution < -0.4 is 5.32 Å². The molecule has 1 N–H and O–H groups in total. The Morgan fingerprint density at radius 2 is 1.90 bits per heavy atom. The fraction of sp³-hybridized carbons (Fsp3) is 1.00. The number of nitrogens with zero attached hydrogens (tertiary/aromatic N) is 1. The van der Waals surface area contributed by atoms with Crippen molar-refractivity contribution in [3.63, 3.8) is 0 Å². The van der Waals surface area contributed by atoms with Gasteiger partial charge in [0.25, 0.3) is 0 Å². The highest BCUT2D eigenvalue weighted by Gasteiger charge is 2.41. The van der Waals surface area contributed by atoms with Gasteiger partial charge in [0.2, 0.25) is 0 Å². The molecule has 5 atom stereocenters. The number of rotatable bonds is 5. The summed E-state index contributed by atoms with van der Waals surface area (Å²) < 4.78 is 5.80. The lowest BCUT2D eigenvalue weighted by Gasteiger charge is -2.48. The van der Waals surface area contributed by atoms with E-state index >= 15 is 0 Å². The van der Waals surface area contributed by atoms with Gasteiger partial charge in [-0.1, -0.05) is 27.2 Å². The SMILES string of the molecule is CCC(C)(C)C1CCC(NC)C(N(C)C2CCOC2C)C1. The molecule has 0 radical (unpaired) electrons. The first-order chi connectivity index (χ1) is 9.90. The van der Waals surface area contributed by atoms with Crippen molar-refractivity contribution in [2.24, 2.45) is 11.3 Å². The summed E-state index contributed by atoms with van der Waals surface area (Å²) >= 11 is 0. The molecule has 0 bridgehead atoms. The summed E-state index contributed by atoms with van der Waals surface area (Å²) in [5.41, 5.74) is 0.468. The van der Waals surface area contributed by atoms with Gasteiger partial charge in [0.1, 0.15) is 0 Å². The Kier molecular flexibility index (Phi) is 5.72. The molecule has 0 aromatic rings. The van der Waals surface area contributed by atoms with Crippen molar-refractivity contribution in [3.8, 4) is 0 Å². The van der Waals surface area contributed by atoms with Gasteiger partial charge in [0.15, 0.2) is 0 Å². The number of hydrogen-bond acceptors (Lipinski definition) is 3. The summed E-state index contributed by atoms with van der Waals surface area (Å²) in [5.74, 6) is 0.845. The Hall–Kier alpha value is -0.120. The van der Waals surface area contributed by atoms with Gasteiger partial charge in [0.05, 0.1) is 6.10 Å². The van der Waals surface area contributed by atoms with Crippen LogP contribution in [0.1, 0.15) is 59.8 Å². The normalized spacial score (nSPS) is 38.1. The van der Waals surface area contributed by atoms with Gasteiger partial charge >= 0.3 is 0 Å². The number of hydrogen-bond donors (Lipinski definition) is 1. The van der Waals surface area contributed by atoms with Crippen molar-refractivity contribution in [2.45, 2.75) is 84.0 Å². The molecule has 2 aliphatic rings.